The van der Waals surface area contributed by atoms with Crippen molar-refractivity contribution in [3.63, 3.8) is 0 Å². The van der Waals surface area contributed by atoms with E-state index in [2.05, 4.69) is 5.32 Å². The van der Waals surface area contributed by atoms with Crippen molar-refractivity contribution in [1.82, 2.24) is 4.57 Å². The van der Waals surface area contributed by atoms with Crippen molar-refractivity contribution in [2.45, 2.75) is 26.8 Å². The summed E-state index contributed by atoms with van der Waals surface area (Å²) < 4.78 is 15.1. The number of halogens is 1. The number of hydrogen-bond donors (Lipinski definition) is 2. The van der Waals surface area contributed by atoms with E-state index in [9.17, 15) is 14.0 Å². The van der Waals surface area contributed by atoms with Gasteiger partial charge in [-0.05, 0) is 32.0 Å². The highest BCUT2D eigenvalue weighted by molar-refractivity contribution is 7.09. The monoisotopic (exact) mass is 309 g/mol. The molecule has 0 aliphatic rings. The summed E-state index contributed by atoms with van der Waals surface area (Å²) in [5.41, 5.74) is 6.82. The molecule has 112 valence electrons. The largest absolute Gasteiger partial charge is 0.399 e. The predicted octanol–water partition coefficient (Wildman–Crippen LogP) is 2.28. The number of nitrogens with one attached hydrogen (secondary N) is 1. The molecule has 21 heavy (non-hydrogen) atoms. The number of nitrogen functional groups attached to an aromatic ring is 1. The Balaban J connectivity index is 2.02. The van der Waals surface area contributed by atoms with Gasteiger partial charge in [-0.15, -0.1) is 0 Å². The van der Waals surface area contributed by atoms with Crippen LogP contribution in [0.4, 0.5) is 15.8 Å². The van der Waals surface area contributed by atoms with E-state index in [1.165, 1.54) is 18.2 Å². The first-order chi connectivity index (χ1) is 9.88. The van der Waals surface area contributed by atoms with Crippen LogP contribution in [0.1, 0.15) is 17.0 Å². The number of aryl methyl sites for hydroxylation is 1. The van der Waals surface area contributed by atoms with Gasteiger partial charge in [0.2, 0.25) is 5.91 Å². The van der Waals surface area contributed by atoms with E-state index in [1.54, 1.807) is 4.57 Å². The summed E-state index contributed by atoms with van der Waals surface area (Å²) in [5.74, 6) is -0.910. The average molecular weight is 309 g/mol. The van der Waals surface area contributed by atoms with Gasteiger partial charge in [0.1, 0.15) is 5.82 Å². The standard InChI is InChI=1S/C14H16FN3O2S/c1-8-9(2)21-14(20)18(8)6-5-13(19)17-12-7-10(16)3-4-11(12)15/h3-4,7H,5-6,16H2,1-2H3,(H,17,19). The lowest BCUT2D eigenvalue weighted by Crippen LogP contribution is -2.20. The van der Waals surface area contributed by atoms with Gasteiger partial charge in [0.15, 0.2) is 0 Å². The Kier molecular flexibility index (Phi) is 4.42. The van der Waals surface area contributed by atoms with Gasteiger partial charge in [-0.1, -0.05) is 11.3 Å². The minimum Gasteiger partial charge on any atom is -0.399 e. The van der Waals surface area contributed by atoms with E-state index < -0.39 is 5.82 Å². The third-order valence-electron chi connectivity index (χ3n) is 3.20. The maximum Gasteiger partial charge on any atom is 0.307 e. The first kappa shape index (κ1) is 15.2. The molecule has 1 aromatic heterocycles. The van der Waals surface area contributed by atoms with Gasteiger partial charge < -0.3 is 15.6 Å². The van der Waals surface area contributed by atoms with Gasteiger partial charge in [-0.2, -0.15) is 0 Å². The molecule has 0 bridgehead atoms. The van der Waals surface area contributed by atoms with Crippen LogP contribution in [0.2, 0.25) is 0 Å². The Hall–Kier alpha value is -2.15. The van der Waals surface area contributed by atoms with E-state index in [0.717, 1.165) is 21.9 Å². The first-order valence-electron chi connectivity index (χ1n) is 6.40. The zero-order valence-corrected chi connectivity index (χ0v) is 12.6. The summed E-state index contributed by atoms with van der Waals surface area (Å²) in [6.07, 6.45) is 0.0885. The molecule has 0 spiro atoms. The smallest absolute Gasteiger partial charge is 0.307 e. The molecule has 0 fully saturated rings. The highest BCUT2D eigenvalue weighted by Gasteiger charge is 2.11. The van der Waals surface area contributed by atoms with Crippen LogP contribution in [0.5, 0.6) is 0 Å². The molecule has 0 aliphatic carbocycles. The maximum absolute atomic E-state index is 13.5. The van der Waals surface area contributed by atoms with Crippen molar-refractivity contribution in [2.75, 3.05) is 11.1 Å². The lowest BCUT2D eigenvalue weighted by molar-refractivity contribution is -0.116. The number of aromatic nitrogens is 1. The fraction of sp³-hybridized carbons (Fsp3) is 0.286. The van der Waals surface area contributed by atoms with Crippen LogP contribution >= 0.6 is 11.3 Å². The Morgan fingerprint density at radius 1 is 1.43 bits per heavy atom. The number of benzene rings is 1. The number of amides is 1. The molecule has 3 N–H and O–H groups in total. The molecular weight excluding hydrogens is 293 g/mol. The van der Waals surface area contributed by atoms with Crippen LogP contribution in [-0.4, -0.2) is 10.5 Å². The molecule has 0 radical (unpaired) electrons. The van der Waals surface area contributed by atoms with Crippen LogP contribution in [0.15, 0.2) is 23.0 Å². The van der Waals surface area contributed by atoms with Gasteiger partial charge in [0, 0.05) is 29.2 Å². The highest BCUT2D eigenvalue weighted by Crippen LogP contribution is 2.17. The minimum absolute atomic E-state index is 0.0468. The summed E-state index contributed by atoms with van der Waals surface area (Å²) in [5, 5.41) is 2.46. The van der Waals surface area contributed by atoms with Gasteiger partial charge in [-0.25, -0.2) is 4.39 Å². The van der Waals surface area contributed by atoms with Crippen molar-refractivity contribution in [2.24, 2.45) is 0 Å². The van der Waals surface area contributed by atoms with E-state index in [-0.39, 0.29) is 29.4 Å². The fourth-order valence-corrected chi connectivity index (χ4v) is 2.77. The topological polar surface area (TPSA) is 77.1 Å². The summed E-state index contributed by atoms with van der Waals surface area (Å²) in [4.78, 5) is 24.4. The molecule has 1 amide bonds. The van der Waals surface area contributed by atoms with Crippen molar-refractivity contribution in [3.8, 4) is 0 Å². The van der Waals surface area contributed by atoms with Crippen LogP contribution in [0.25, 0.3) is 0 Å². The molecule has 1 heterocycles. The number of carbonyl (C=O) groups is 1. The highest BCUT2D eigenvalue weighted by atomic mass is 32.1. The number of hydrogen-bond acceptors (Lipinski definition) is 4. The van der Waals surface area contributed by atoms with Crippen molar-refractivity contribution in [1.29, 1.82) is 0 Å². The number of thiazole rings is 1. The zero-order chi connectivity index (χ0) is 15.6. The lowest BCUT2D eigenvalue weighted by Gasteiger charge is -2.08. The third kappa shape index (κ3) is 3.49. The Morgan fingerprint density at radius 2 is 2.14 bits per heavy atom. The molecule has 7 heteroatoms. The number of carbonyl (C=O) groups excluding carboxylic acids is 1. The van der Waals surface area contributed by atoms with E-state index >= 15 is 0 Å². The Labute approximate surface area is 125 Å². The van der Waals surface area contributed by atoms with Crippen LogP contribution in [-0.2, 0) is 11.3 Å². The number of rotatable bonds is 4. The third-order valence-corrected chi connectivity index (χ3v) is 4.20. The van der Waals surface area contributed by atoms with Gasteiger partial charge in [0.25, 0.3) is 0 Å². The summed E-state index contributed by atoms with van der Waals surface area (Å²) in [6.45, 7) is 3.97. The molecular formula is C14H16FN3O2S. The molecule has 2 rings (SSSR count). The number of anilines is 2. The molecule has 2 aromatic rings. The average Bonchev–Trinajstić information content (AvgIpc) is 2.66. The number of nitrogens with zero attached hydrogens (tertiary/aromatic N) is 1. The molecule has 0 atom stereocenters. The Bertz CT molecular complexity index is 736. The van der Waals surface area contributed by atoms with E-state index in [1.807, 2.05) is 13.8 Å². The molecule has 0 unspecified atom stereocenters. The van der Waals surface area contributed by atoms with Crippen LogP contribution in [0, 0.1) is 19.7 Å². The molecule has 0 aliphatic heterocycles. The second kappa shape index (κ2) is 6.09. The SMILES string of the molecule is Cc1sc(=O)n(CCC(=O)Nc2cc(N)ccc2F)c1C. The van der Waals surface area contributed by atoms with Gasteiger partial charge >= 0.3 is 4.87 Å². The van der Waals surface area contributed by atoms with Gasteiger partial charge in [-0.3, -0.25) is 9.59 Å². The first-order valence-corrected chi connectivity index (χ1v) is 7.22. The molecule has 5 nitrogen and oxygen atoms in total. The zero-order valence-electron chi connectivity index (χ0n) is 11.8. The molecule has 1 aromatic carbocycles. The predicted molar refractivity (Wildman–Crippen MR) is 82.1 cm³/mol. The van der Waals surface area contributed by atoms with Crippen molar-refractivity contribution in [3.05, 3.63) is 44.3 Å². The maximum atomic E-state index is 13.5. The second-order valence-electron chi connectivity index (χ2n) is 4.70. The van der Waals surface area contributed by atoms with E-state index in [0.29, 0.717) is 5.69 Å². The minimum atomic E-state index is -0.544. The summed E-state index contributed by atoms with van der Waals surface area (Å²) in [6, 6.07) is 3.98. The van der Waals surface area contributed by atoms with Crippen LogP contribution < -0.4 is 15.9 Å². The van der Waals surface area contributed by atoms with Crippen LogP contribution in [0.3, 0.4) is 0 Å². The fourth-order valence-electron chi connectivity index (χ4n) is 1.91. The normalized spacial score (nSPS) is 10.6. The second-order valence-corrected chi connectivity index (χ2v) is 5.86. The van der Waals surface area contributed by atoms with Crippen molar-refractivity contribution >= 4 is 28.6 Å². The lowest BCUT2D eigenvalue weighted by atomic mass is 10.2. The Morgan fingerprint density at radius 3 is 2.76 bits per heavy atom. The van der Waals surface area contributed by atoms with Crippen molar-refractivity contribution < 1.29 is 9.18 Å². The van der Waals surface area contributed by atoms with Gasteiger partial charge in [0.05, 0.1) is 5.69 Å². The van der Waals surface area contributed by atoms with E-state index in [4.69, 9.17) is 5.73 Å². The summed E-state index contributed by atoms with van der Waals surface area (Å²) in [7, 11) is 0. The molecule has 0 saturated heterocycles. The number of nitrogens with two attached hydrogens (primary N) is 1. The summed E-state index contributed by atoms with van der Waals surface area (Å²) >= 11 is 1.16. The quantitative estimate of drug-likeness (QED) is 0.851. The molecule has 0 saturated carbocycles.